The Morgan fingerprint density at radius 3 is 1.39 bits per heavy atom. The summed E-state index contributed by atoms with van der Waals surface area (Å²) < 4.78 is 30.2. The molecule has 0 spiro atoms. The molecule has 0 saturated heterocycles. The first-order chi connectivity index (χ1) is 17.2. The highest BCUT2D eigenvalue weighted by molar-refractivity contribution is 7.49. The fraction of sp³-hybridized carbons (Fsp3) is 0.310. The van der Waals surface area contributed by atoms with Crippen molar-refractivity contribution in [3.63, 3.8) is 0 Å². The normalized spacial score (nSPS) is 12.7. The SMILES string of the molecule is CCCCN1C=CN(C)C1.Cc1ccc(OP(=O)(Oc2ccc(C)cc2)Oc2ccc(C)cc2)cc1. The number of hydrogen-bond acceptors (Lipinski definition) is 6. The highest BCUT2D eigenvalue weighted by Gasteiger charge is 2.33. The van der Waals surface area contributed by atoms with Crippen LogP contribution in [0.1, 0.15) is 36.5 Å². The number of benzene rings is 3. The average molecular weight is 509 g/mol. The van der Waals surface area contributed by atoms with Crippen molar-refractivity contribution in [3.8, 4) is 17.2 Å². The molecule has 0 amide bonds. The number of phosphoric ester groups is 1. The maximum Gasteiger partial charge on any atom is 0.647 e. The van der Waals surface area contributed by atoms with Gasteiger partial charge in [-0.25, -0.2) is 0 Å². The molecule has 192 valence electrons. The molecule has 0 saturated carbocycles. The maximum atomic E-state index is 13.3. The summed E-state index contributed by atoms with van der Waals surface area (Å²) >= 11 is 0. The van der Waals surface area contributed by atoms with Gasteiger partial charge in [-0.05, 0) is 63.6 Å². The van der Waals surface area contributed by atoms with E-state index in [1.54, 1.807) is 36.4 Å². The van der Waals surface area contributed by atoms with Crippen LogP contribution in [0.15, 0.2) is 85.2 Å². The molecule has 1 heterocycles. The molecule has 4 rings (SSSR count). The van der Waals surface area contributed by atoms with Crippen LogP contribution >= 0.6 is 7.82 Å². The van der Waals surface area contributed by atoms with Gasteiger partial charge in [-0.2, -0.15) is 4.57 Å². The maximum absolute atomic E-state index is 13.3. The Bertz CT molecular complexity index is 1020. The van der Waals surface area contributed by atoms with Crippen LogP contribution in [0.25, 0.3) is 0 Å². The first-order valence-corrected chi connectivity index (χ1v) is 13.7. The van der Waals surface area contributed by atoms with Gasteiger partial charge in [-0.1, -0.05) is 66.4 Å². The lowest BCUT2D eigenvalue weighted by Crippen LogP contribution is -2.23. The highest BCUT2D eigenvalue weighted by atomic mass is 31.2. The molecule has 0 N–H and O–H groups in total. The Labute approximate surface area is 215 Å². The number of aryl methyl sites for hydroxylation is 3. The van der Waals surface area contributed by atoms with Crippen molar-refractivity contribution in [2.24, 2.45) is 0 Å². The van der Waals surface area contributed by atoms with Gasteiger partial charge in [-0.3, -0.25) is 0 Å². The van der Waals surface area contributed by atoms with Crippen LogP contribution in [0.5, 0.6) is 17.2 Å². The van der Waals surface area contributed by atoms with Crippen LogP contribution in [-0.2, 0) is 4.57 Å². The fourth-order valence-electron chi connectivity index (χ4n) is 3.34. The Hall–Kier alpha value is -3.37. The third-order valence-electron chi connectivity index (χ3n) is 5.45. The summed E-state index contributed by atoms with van der Waals surface area (Å²) in [4.78, 5) is 4.53. The Morgan fingerprint density at radius 1 is 0.694 bits per heavy atom. The number of nitrogens with zero attached hydrogens (tertiary/aromatic N) is 2. The summed E-state index contributed by atoms with van der Waals surface area (Å²) in [5.74, 6) is 1.24. The summed E-state index contributed by atoms with van der Waals surface area (Å²) in [6.07, 6.45) is 6.87. The lowest BCUT2D eigenvalue weighted by Gasteiger charge is -2.19. The van der Waals surface area contributed by atoms with Crippen molar-refractivity contribution in [1.82, 2.24) is 9.80 Å². The second-order valence-electron chi connectivity index (χ2n) is 9.02. The minimum Gasteiger partial charge on any atom is -0.386 e. The summed E-state index contributed by atoms with van der Waals surface area (Å²) in [5, 5.41) is 0. The van der Waals surface area contributed by atoms with E-state index in [0.717, 1.165) is 23.4 Å². The first-order valence-electron chi connectivity index (χ1n) is 12.3. The van der Waals surface area contributed by atoms with Gasteiger partial charge >= 0.3 is 7.82 Å². The monoisotopic (exact) mass is 508 g/mol. The Morgan fingerprint density at radius 2 is 1.08 bits per heavy atom. The second kappa shape index (κ2) is 13.1. The predicted molar refractivity (Wildman–Crippen MR) is 146 cm³/mol. The number of rotatable bonds is 9. The van der Waals surface area contributed by atoms with E-state index in [-0.39, 0.29) is 0 Å². The molecule has 0 atom stereocenters. The van der Waals surface area contributed by atoms with E-state index >= 15 is 0 Å². The van der Waals surface area contributed by atoms with E-state index in [4.69, 9.17) is 13.6 Å². The number of hydrogen-bond donors (Lipinski definition) is 0. The molecule has 1 aliphatic heterocycles. The van der Waals surface area contributed by atoms with Crippen molar-refractivity contribution in [2.75, 3.05) is 20.3 Å². The lowest BCUT2D eigenvalue weighted by molar-refractivity contribution is 0.293. The molecule has 7 heteroatoms. The zero-order valence-electron chi connectivity index (χ0n) is 21.9. The Balaban J connectivity index is 0.000000303. The quantitative estimate of drug-likeness (QED) is 0.276. The summed E-state index contributed by atoms with van der Waals surface area (Å²) in [5.41, 5.74) is 3.23. The lowest BCUT2D eigenvalue weighted by atomic mass is 10.2. The zero-order chi connectivity index (χ0) is 26.0. The molecule has 6 nitrogen and oxygen atoms in total. The van der Waals surface area contributed by atoms with E-state index in [0.29, 0.717) is 17.2 Å². The number of phosphoric acid groups is 1. The predicted octanol–water partition coefficient (Wildman–Crippen LogP) is 7.72. The molecule has 0 unspecified atom stereocenters. The van der Waals surface area contributed by atoms with Gasteiger partial charge in [0.1, 0.15) is 17.2 Å². The molecule has 0 aromatic heterocycles. The molecule has 0 aliphatic carbocycles. The van der Waals surface area contributed by atoms with Crippen molar-refractivity contribution >= 4 is 7.82 Å². The Kier molecular flexibility index (Phi) is 9.89. The second-order valence-corrected chi connectivity index (χ2v) is 10.5. The molecule has 0 fully saturated rings. The van der Waals surface area contributed by atoms with E-state index in [2.05, 4.69) is 36.2 Å². The fourth-order valence-corrected chi connectivity index (χ4v) is 4.59. The zero-order valence-corrected chi connectivity index (χ0v) is 22.8. The third-order valence-corrected chi connectivity index (χ3v) is 6.75. The van der Waals surface area contributed by atoms with Crippen molar-refractivity contribution in [1.29, 1.82) is 0 Å². The summed E-state index contributed by atoms with van der Waals surface area (Å²) in [6, 6.07) is 21.6. The summed E-state index contributed by atoms with van der Waals surface area (Å²) in [6.45, 7) is 10.4. The molecule has 3 aromatic carbocycles. The molecule has 0 radical (unpaired) electrons. The van der Waals surface area contributed by atoms with Crippen molar-refractivity contribution < 1.29 is 18.1 Å². The van der Waals surface area contributed by atoms with Gasteiger partial charge in [0.2, 0.25) is 0 Å². The van der Waals surface area contributed by atoms with Crippen LogP contribution < -0.4 is 13.6 Å². The minimum absolute atomic E-state index is 0.415. The smallest absolute Gasteiger partial charge is 0.386 e. The van der Waals surface area contributed by atoms with Crippen LogP contribution in [-0.4, -0.2) is 30.1 Å². The van der Waals surface area contributed by atoms with Crippen LogP contribution in [0, 0.1) is 20.8 Å². The summed E-state index contributed by atoms with van der Waals surface area (Å²) in [7, 11) is -1.83. The van der Waals surface area contributed by atoms with Gasteiger partial charge < -0.3 is 23.4 Å². The van der Waals surface area contributed by atoms with Crippen molar-refractivity contribution in [3.05, 3.63) is 102 Å². The molecule has 1 aliphatic rings. The molecular weight excluding hydrogens is 471 g/mol. The number of unbranched alkanes of at least 4 members (excludes halogenated alkanes) is 1. The van der Waals surface area contributed by atoms with Gasteiger partial charge in [-0.15, -0.1) is 0 Å². The highest BCUT2D eigenvalue weighted by Crippen LogP contribution is 2.49. The van der Waals surface area contributed by atoms with Gasteiger partial charge in [0.25, 0.3) is 0 Å². The van der Waals surface area contributed by atoms with E-state index in [1.165, 1.54) is 19.4 Å². The van der Waals surface area contributed by atoms with Gasteiger partial charge in [0, 0.05) is 26.0 Å². The molecular formula is C29H37N2O4P. The molecule has 0 bridgehead atoms. The third kappa shape index (κ3) is 9.01. The van der Waals surface area contributed by atoms with E-state index in [1.807, 2.05) is 57.2 Å². The van der Waals surface area contributed by atoms with E-state index < -0.39 is 7.82 Å². The standard InChI is InChI=1S/C21H21O4P.C8H16N2/c1-16-4-10-19(11-5-16)23-26(22,24-20-12-6-17(2)7-13-20)25-21-14-8-18(3)9-15-21;1-3-4-5-10-7-6-9(2)8-10/h4-15H,1-3H3;6-7H,3-5,8H2,1-2H3. The van der Waals surface area contributed by atoms with Gasteiger partial charge in [0.15, 0.2) is 0 Å². The minimum atomic E-state index is -3.93. The molecule has 3 aromatic rings. The average Bonchev–Trinajstić information content (AvgIpc) is 3.27. The van der Waals surface area contributed by atoms with Crippen LogP contribution in [0.3, 0.4) is 0 Å². The molecule has 36 heavy (non-hydrogen) atoms. The first kappa shape index (κ1) is 27.2. The largest absolute Gasteiger partial charge is 0.647 e. The van der Waals surface area contributed by atoms with Crippen LogP contribution in [0.2, 0.25) is 0 Å². The van der Waals surface area contributed by atoms with Crippen molar-refractivity contribution in [2.45, 2.75) is 40.5 Å². The van der Waals surface area contributed by atoms with Crippen LogP contribution in [0.4, 0.5) is 0 Å². The van der Waals surface area contributed by atoms with E-state index in [9.17, 15) is 4.57 Å². The van der Waals surface area contributed by atoms with Gasteiger partial charge in [0.05, 0.1) is 6.67 Å². The topological polar surface area (TPSA) is 51.2 Å².